The maximum absolute atomic E-state index is 9.26. The SMILES string of the molecule is CC(CO)N(C)c1cccc(Cl)c1CNC1CC1. The van der Waals surface area contributed by atoms with E-state index < -0.39 is 0 Å². The van der Waals surface area contributed by atoms with E-state index in [0.29, 0.717) is 6.04 Å². The predicted molar refractivity (Wildman–Crippen MR) is 76.3 cm³/mol. The van der Waals surface area contributed by atoms with Crippen LogP contribution in [0, 0.1) is 0 Å². The van der Waals surface area contributed by atoms with Gasteiger partial charge in [-0.15, -0.1) is 0 Å². The van der Waals surface area contributed by atoms with Crippen molar-refractivity contribution in [1.82, 2.24) is 5.32 Å². The normalized spacial score (nSPS) is 16.7. The fourth-order valence-electron chi connectivity index (χ4n) is 1.95. The molecule has 0 aromatic heterocycles. The first-order valence-corrected chi connectivity index (χ1v) is 6.85. The average molecular weight is 269 g/mol. The van der Waals surface area contributed by atoms with Gasteiger partial charge in [0.2, 0.25) is 0 Å². The zero-order valence-electron chi connectivity index (χ0n) is 11.0. The molecule has 2 rings (SSSR count). The number of anilines is 1. The molecule has 1 unspecified atom stereocenters. The average Bonchev–Trinajstić information content (AvgIpc) is 3.19. The molecule has 1 aromatic rings. The molecule has 0 saturated heterocycles. The zero-order valence-corrected chi connectivity index (χ0v) is 11.7. The van der Waals surface area contributed by atoms with Crippen LogP contribution in [-0.2, 0) is 6.54 Å². The molecule has 3 nitrogen and oxygen atoms in total. The van der Waals surface area contributed by atoms with Gasteiger partial charge < -0.3 is 15.3 Å². The minimum absolute atomic E-state index is 0.0862. The highest BCUT2D eigenvalue weighted by Gasteiger charge is 2.22. The number of benzene rings is 1. The van der Waals surface area contributed by atoms with Crippen molar-refractivity contribution in [3.63, 3.8) is 0 Å². The smallest absolute Gasteiger partial charge is 0.0632 e. The van der Waals surface area contributed by atoms with Crippen LogP contribution < -0.4 is 10.2 Å². The van der Waals surface area contributed by atoms with Crippen LogP contribution in [0.25, 0.3) is 0 Å². The predicted octanol–water partition coefficient (Wildman–Crippen LogP) is 2.41. The van der Waals surface area contributed by atoms with Gasteiger partial charge in [0.1, 0.15) is 0 Å². The molecule has 0 amide bonds. The molecule has 1 saturated carbocycles. The van der Waals surface area contributed by atoms with E-state index in [0.717, 1.165) is 22.8 Å². The Labute approximate surface area is 114 Å². The summed E-state index contributed by atoms with van der Waals surface area (Å²) < 4.78 is 0. The third kappa shape index (κ3) is 3.16. The Morgan fingerprint density at radius 1 is 1.50 bits per heavy atom. The summed E-state index contributed by atoms with van der Waals surface area (Å²) in [5, 5.41) is 13.5. The molecule has 1 fully saturated rings. The molecular weight excluding hydrogens is 248 g/mol. The molecule has 0 radical (unpaired) electrons. The van der Waals surface area contributed by atoms with Gasteiger partial charge in [-0.25, -0.2) is 0 Å². The van der Waals surface area contributed by atoms with Crippen LogP contribution in [0.2, 0.25) is 5.02 Å². The van der Waals surface area contributed by atoms with Gasteiger partial charge in [0.25, 0.3) is 0 Å². The summed E-state index contributed by atoms with van der Waals surface area (Å²) >= 11 is 6.30. The molecule has 1 aliphatic rings. The van der Waals surface area contributed by atoms with Crippen molar-refractivity contribution in [3.8, 4) is 0 Å². The monoisotopic (exact) mass is 268 g/mol. The van der Waals surface area contributed by atoms with Crippen LogP contribution >= 0.6 is 11.6 Å². The number of hydrogen-bond acceptors (Lipinski definition) is 3. The topological polar surface area (TPSA) is 35.5 Å². The Bertz CT molecular complexity index is 407. The highest BCUT2D eigenvalue weighted by Crippen LogP contribution is 2.29. The summed E-state index contributed by atoms with van der Waals surface area (Å²) in [6.07, 6.45) is 2.53. The summed E-state index contributed by atoms with van der Waals surface area (Å²) in [7, 11) is 1.99. The lowest BCUT2D eigenvalue weighted by Crippen LogP contribution is -2.33. The van der Waals surface area contributed by atoms with Gasteiger partial charge in [-0.2, -0.15) is 0 Å². The summed E-state index contributed by atoms with van der Waals surface area (Å²) in [5.41, 5.74) is 2.21. The van der Waals surface area contributed by atoms with E-state index in [1.807, 2.05) is 26.1 Å². The van der Waals surface area contributed by atoms with Crippen LogP contribution in [0.5, 0.6) is 0 Å². The van der Waals surface area contributed by atoms with Crippen LogP contribution in [-0.4, -0.2) is 30.8 Å². The molecule has 0 bridgehead atoms. The third-order valence-corrected chi connectivity index (χ3v) is 3.90. The van der Waals surface area contributed by atoms with Gasteiger partial charge in [0, 0.05) is 41.9 Å². The Morgan fingerprint density at radius 3 is 2.83 bits per heavy atom. The summed E-state index contributed by atoms with van der Waals surface area (Å²) in [5.74, 6) is 0. The zero-order chi connectivity index (χ0) is 13.1. The lowest BCUT2D eigenvalue weighted by Gasteiger charge is -2.28. The molecule has 0 spiro atoms. The number of nitrogens with one attached hydrogen (secondary N) is 1. The molecule has 1 atom stereocenters. The number of aliphatic hydroxyl groups excluding tert-OH is 1. The summed E-state index contributed by atoms with van der Waals surface area (Å²) in [6, 6.07) is 6.69. The van der Waals surface area contributed by atoms with E-state index in [1.54, 1.807) is 0 Å². The maximum atomic E-state index is 9.26. The largest absolute Gasteiger partial charge is 0.394 e. The minimum atomic E-state index is 0.0862. The second-order valence-electron chi connectivity index (χ2n) is 5.04. The molecule has 1 aromatic carbocycles. The van der Waals surface area contributed by atoms with Crippen molar-refractivity contribution >= 4 is 17.3 Å². The first-order valence-electron chi connectivity index (χ1n) is 6.48. The van der Waals surface area contributed by atoms with Crippen LogP contribution in [0.3, 0.4) is 0 Å². The number of halogens is 1. The van der Waals surface area contributed by atoms with Crippen molar-refractivity contribution in [2.75, 3.05) is 18.6 Å². The van der Waals surface area contributed by atoms with Gasteiger partial charge in [0.15, 0.2) is 0 Å². The molecule has 0 aliphatic heterocycles. The molecular formula is C14H21ClN2O. The van der Waals surface area contributed by atoms with Gasteiger partial charge in [-0.05, 0) is 31.9 Å². The Balaban J connectivity index is 2.18. The summed E-state index contributed by atoms with van der Waals surface area (Å²) in [4.78, 5) is 2.08. The number of hydrogen-bond donors (Lipinski definition) is 2. The quantitative estimate of drug-likeness (QED) is 0.832. The van der Waals surface area contributed by atoms with E-state index in [1.165, 1.54) is 12.8 Å². The van der Waals surface area contributed by atoms with Crippen LogP contribution in [0.1, 0.15) is 25.3 Å². The Hall–Kier alpha value is -0.770. The Morgan fingerprint density at radius 2 is 2.22 bits per heavy atom. The number of nitrogens with zero attached hydrogens (tertiary/aromatic N) is 1. The van der Waals surface area contributed by atoms with Crippen molar-refractivity contribution in [2.24, 2.45) is 0 Å². The first-order chi connectivity index (χ1) is 8.63. The molecule has 18 heavy (non-hydrogen) atoms. The lowest BCUT2D eigenvalue weighted by molar-refractivity contribution is 0.270. The van der Waals surface area contributed by atoms with E-state index in [2.05, 4.69) is 16.3 Å². The standard InChI is InChI=1S/C14H21ClN2O/c1-10(9-18)17(2)14-5-3-4-13(15)12(14)8-16-11-6-7-11/h3-5,10-11,16,18H,6-9H2,1-2H3. The molecule has 4 heteroatoms. The lowest BCUT2D eigenvalue weighted by atomic mass is 10.1. The van der Waals surface area contributed by atoms with Gasteiger partial charge in [0.05, 0.1) is 6.61 Å². The van der Waals surface area contributed by atoms with Gasteiger partial charge in [-0.1, -0.05) is 17.7 Å². The third-order valence-electron chi connectivity index (χ3n) is 3.54. The highest BCUT2D eigenvalue weighted by molar-refractivity contribution is 6.31. The number of likely N-dealkylation sites (N-methyl/N-ethyl adjacent to an activating group) is 1. The van der Waals surface area contributed by atoms with Crippen LogP contribution in [0.15, 0.2) is 18.2 Å². The van der Waals surface area contributed by atoms with Crippen molar-refractivity contribution in [2.45, 2.75) is 38.4 Å². The molecule has 1 aliphatic carbocycles. The minimum Gasteiger partial charge on any atom is -0.394 e. The number of aliphatic hydroxyl groups is 1. The van der Waals surface area contributed by atoms with Crippen molar-refractivity contribution in [1.29, 1.82) is 0 Å². The molecule has 100 valence electrons. The van der Waals surface area contributed by atoms with Gasteiger partial charge in [-0.3, -0.25) is 0 Å². The first kappa shape index (κ1) is 13.7. The van der Waals surface area contributed by atoms with Gasteiger partial charge >= 0.3 is 0 Å². The van der Waals surface area contributed by atoms with E-state index in [4.69, 9.17) is 11.6 Å². The summed E-state index contributed by atoms with van der Waals surface area (Å²) in [6.45, 7) is 2.93. The van der Waals surface area contributed by atoms with Crippen molar-refractivity contribution < 1.29 is 5.11 Å². The molecule has 2 N–H and O–H groups in total. The maximum Gasteiger partial charge on any atom is 0.0632 e. The van der Waals surface area contributed by atoms with Crippen molar-refractivity contribution in [3.05, 3.63) is 28.8 Å². The van der Waals surface area contributed by atoms with E-state index in [9.17, 15) is 5.11 Å². The molecule has 0 heterocycles. The second-order valence-corrected chi connectivity index (χ2v) is 5.44. The number of rotatable bonds is 6. The van der Waals surface area contributed by atoms with E-state index in [-0.39, 0.29) is 12.6 Å². The fraction of sp³-hybridized carbons (Fsp3) is 0.571. The fourth-order valence-corrected chi connectivity index (χ4v) is 2.18. The Kier molecular flexibility index (Phi) is 4.49. The van der Waals surface area contributed by atoms with E-state index >= 15 is 0 Å². The second kappa shape index (κ2) is 5.91. The van der Waals surface area contributed by atoms with Crippen LogP contribution in [0.4, 0.5) is 5.69 Å². The highest BCUT2D eigenvalue weighted by atomic mass is 35.5.